The third-order valence-corrected chi connectivity index (χ3v) is 4.74. The molecule has 0 bridgehead atoms. The van der Waals surface area contributed by atoms with E-state index < -0.39 is 0 Å². The summed E-state index contributed by atoms with van der Waals surface area (Å²) in [6, 6.07) is 14.8. The van der Waals surface area contributed by atoms with Gasteiger partial charge in [-0.05, 0) is 42.7 Å². The average molecular weight is 366 g/mol. The molecule has 2 aromatic rings. The summed E-state index contributed by atoms with van der Waals surface area (Å²) in [5, 5.41) is 2.89. The molecule has 1 aliphatic rings. The summed E-state index contributed by atoms with van der Waals surface area (Å²) >= 11 is 0. The van der Waals surface area contributed by atoms with Crippen molar-refractivity contribution in [3.63, 3.8) is 0 Å². The van der Waals surface area contributed by atoms with E-state index in [4.69, 9.17) is 4.74 Å². The van der Waals surface area contributed by atoms with Crippen molar-refractivity contribution in [1.82, 2.24) is 4.90 Å². The molecule has 0 aromatic heterocycles. The van der Waals surface area contributed by atoms with Crippen LogP contribution in [0.4, 0.5) is 5.69 Å². The van der Waals surface area contributed by atoms with Gasteiger partial charge in [0.25, 0.3) is 11.8 Å². The first-order valence-corrected chi connectivity index (χ1v) is 9.55. The highest BCUT2D eigenvalue weighted by Gasteiger charge is 2.21. The van der Waals surface area contributed by atoms with E-state index in [1.165, 1.54) is 5.56 Å². The number of ether oxygens (including phenoxy) is 1. The Hall–Kier alpha value is -2.66. The quantitative estimate of drug-likeness (QED) is 0.847. The van der Waals surface area contributed by atoms with Crippen molar-refractivity contribution in [2.45, 2.75) is 26.2 Å². The van der Waals surface area contributed by atoms with E-state index in [1.807, 2.05) is 36.4 Å². The molecule has 1 saturated heterocycles. The van der Waals surface area contributed by atoms with Gasteiger partial charge in [-0.2, -0.15) is 0 Å². The average Bonchev–Trinajstić information content (AvgIpc) is 2.73. The van der Waals surface area contributed by atoms with Crippen LogP contribution in [0.2, 0.25) is 0 Å². The molecule has 27 heavy (non-hydrogen) atoms. The van der Waals surface area contributed by atoms with Gasteiger partial charge in [-0.25, -0.2) is 0 Å². The minimum atomic E-state index is -0.209. The first-order chi connectivity index (χ1) is 13.2. The van der Waals surface area contributed by atoms with E-state index in [9.17, 15) is 9.59 Å². The zero-order valence-electron chi connectivity index (χ0n) is 15.7. The number of morpholine rings is 1. The molecule has 1 N–H and O–H groups in total. The van der Waals surface area contributed by atoms with E-state index >= 15 is 0 Å². The predicted molar refractivity (Wildman–Crippen MR) is 106 cm³/mol. The van der Waals surface area contributed by atoms with Crippen LogP contribution in [-0.2, 0) is 11.2 Å². The smallest absolute Gasteiger partial charge is 0.256 e. The molecule has 0 saturated carbocycles. The van der Waals surface area contributed by atoms with Gasteiger partial charge in [0.15, 0.2) is 0 Å². The Morgan fingerprint density at radius 3 is 2.44 bits per heavy atom. The molecule has 1 aliphatic heterocycles. The van der Waals surface area contributed by atoms with Gasteiger partial charge in [0.2, 0.25) is 0 Å². The Morgan fingerprint density at radius 1 is 1.04 bits per heavy atom. The van der Waals surface area contributed by atoms with Crippen LogP contribution in [0.25, 0.3) is 0 Å². The maximum Gasteiger partial charge on any atom is 0.256 e. The van der Waals surface area contributed by atoms with Crippen LogP contribution in [0, 0.1) is 0 Å². The number of benzene rings is 2. The first kappa shape index (κ1) is 19.1. The lowest BCUT2D eigenvalue weighted by Crippen LogP contribution is -2.41. The summed E-state index contributed by atoms with van der Waals surface area (Å²) in [4.78, 5) is 27.2. The molecule has 2 amide bonds. The number of amides is 2. The highest BCUT2D eigenvalue weighted by atomic mass is 16.5. The third-order valence-electron chi connectivity index (χ3n) is 4.74. The fourth-order valence-corrected chi connectivity index (χ4v) is 3.11. The number of carbonyl (C=O) groups is 2. The maximum absolute atomic E-state index is 12.8. The maximum atomic E-state index is 12.8. The van der Waals surface area contributed by atoms with E-state index in [0.29, 0.717) is 43.1 Å². The molecule has 3 rings (SSSR count). The predicted octanol–water partition coefficient (Wildman–Crippen LogP) is 3.75. The van der Waals surface area contributed by atoms with Gasteiger partial charge >= 0.3 is 0 Å². The zero-order chi connectivity index (χ0) is 19.1. The van der Waals surface area contributed by atoms with E-state index in [1.54, 1.807) is 17.0 Å². The minimum Gasteiger partial charge on any atom is -0.378 e. The van der Waals surface area contributed by atoms with Crippen molar-refractivity contribution in [2.24, 2.45) is 0 Å². The number of aryl methyl sites for hydroxylation is 1. The molecule has 0 aliphatic carbocycles. The number of nitrogens with one attached hydrogen (secondary N) is 1. The van der Waals surface area contributed by atoms with Crippen molar-refractivity contribution >= 4 is 17.5 Å². The summed E-state index contributed by atoms with van der Waals surface area (Å²) in [5.74, 6) is -0.289. The van der Waals surface area contributed by atoms with Crippen LogP contribution in [0.3, 0.4) is 0 Å². The van der Waals surface area contributed by atoms with Crippen LogP contribution in [-0.4, -0.2) is 43.0 Å². The highest BCUT2D eigenvalue weighted by Crippen LogP contribution is 2.19. The van der Waals surface area contributed by atoms with Crippen molar-refractivity contribution in [3.8, 4) is 0 Å². The highest BCUT2D eigenvalue weighted by molar-refractivity contribution is 6.09. The second-order valence-electron chi connectivity index (χ2n) is 6.70. The van der Waals surface area contributed by atoms with Crippen LogP contribution < -0.4 is 5.32 Å². The number of hydrogen-bond donors (Lipinski definition) is 1. The lowest BCUT2D eigenvalue weighted by atomic mass is 10.1. The summed E-state index contributed by atoms with van der Waals surface area (Å²) in [6.07, 6.45) is 3.31. The first-order valence-electron chi connectivity index (χ1n) is 9.55. The Morgan fingerprint density at radius 2 is 1.74 bits per heavy atom. The number of hydrogen-bond acceptors (Lipinski definition) is 3. The van der Waals surface area contributed by atoms with Gasteiger partial charge in [0.05, 0.1) is 24.5 Å². The van der Waals surface area contributed by atoms with Crippen LogP contribution in [0.15, 0.2) is 48.5 Å². The van der Waals surface area contributed by atoms with E-state index in [-0.39, 0.29) is 11.8 Å². The Balaban J connectivity index is 1.71. The van der Waals surface area contributed by atoms with E-state index in [0.717, 1.165) is 19.3 Å². The Labute approximate surface area is 160 Å². The number of para-hydroxylation sites is 1. The molecule has 1 heterocycles. The normalized spacial score (nSPS) is 14.0. The number of anilines is 1. The van der Waals surface area contributed by atoms with E-state index in [2.05, 4.69) is 12.2 Å². The molecule has 142 valence electrons. The molecule has 5 heteroatoms. The lowest BCUT2D eigenvalue weighted by Gasteiger charge is -2.27. The summed E-state index contributed by atoms with van der Waals surface area (Å²) in [5.41, 5.74) is 2.86. The van der Waals surface area contributed by atoms with Crippen molar-refractivity contribution in [2.75, 3.05) is 31.6 Å². The van der Waals surface area contributed by atoms with Gasteiger partial charge in [0.1, 0.15) is 0 Å². The lowest BCUT2D eigenvalue weighted by molar-refractivity contribution is 0.0303. The summed E-state index contributed by atoms with van der Waals surface area (Å²) in [7, 11) is 0. The largest absolute Gasteiger partial charge is 0.378 e. The van der Waals surface area contributed by atoms with Crippen LogP contribution in [0.1, 0.15) is 46.0 Å². The molecule has 1 fully saturated rings. The van der Waals surface area contributed by atoms with Gasteiger partial charge in [-0.15, -0.1) is 0 Å². The zero-order valence-corrected chi connectivity index (χ0v) is 15.7. The minimum absolute atomic E-state index is 0.0795. The molecule has 5 nitrogen and oxygen atoms in total. The second kappa shape index (κ2) is 9.33. The topological polar surface area (TPSA) is 58.6 Å². The number of nitrogens with zero attached hydrogens (tertiary/aromatic N) is 1. The standard InChI is InChI=1S/C22H26N2O3/c1-2-3-6-17-9-11-18(12-10-17)21(25)23-20-8-5-4-7-19(20)22(26)24-13-15-27-16-14-24/h4-5,7-12H,2-3,6,13-16H2,1H3,(H,23,25). The number of unbranched alkanes of at least 4 members (excludes halogenated alkanes) is 1. The summed E-state index contributed by atoms with van der Waals surface area (Å²) in [6.45, 7) is 4.40. The van der Waals surface area contributed by atoms with Crippen LogP contribution >= 0.6 is 0 Å². The summed E-state index contributed by atoms with van der Waals surface area (Å²) < 4.78 is 5.31. The molecule has 0 spiro atoms. The molecule has 2 aromatic carbocycles. The van der Waals surface area contributed by atoms with Gasteiger partial charge in [-0.3, -0.25) is 9.59 Å². The van der Waals surface area contributed by atoms with Gasteiger partial charge < -0.3 is 15.0 Å². The van der Waals surface area contributed by atoms with Crippen molar-refractivity contribution < 1.29 is 14.3 Å². The molecular weight excluding hydrogens is 340 g/mol. The molecule has 0 radical (unpaired) electrons. The van der Waals surface area contributed by atoms with Crippen molar-refractivity contribution in [1.29, 1.82) is 0 Å². The monoisotopic (exact) mass is 366 g/mol. The molecule has 0 atom stereocenters. The SMILES string of the molecule is CCCCc1ccc(C(=O)Nc2ccccc2C(=O)N2CCOCC2)cc1. The van der Waals surface area contributed by atoms with Crippen molar-refractivity contribution in [3.05, 3.63) is 65.2 Å². The Kier molecular flexibility index (Phi) is 6.60. The fraction of sp³-hybridized carbons (Fsp3) is 0.364. The fourth-order valence-electron chi connectivity index (χ4n) is 3.11. The third kappa shape index (κ3) is 4.95. The molecule has 0 unspecified atom stereocenters. The number of carbonyl (C=O) groups excluding carboxylic acids is 2. The Bertz CT molecular complexity index is 780. The molecular formula is C22H26N2O3. The number of rotatable bonds is 6. The second-order valence-corrected chi connectivity index (χ2v) is 6.70. The van der Waals surface area contributed by atoms with Gasteiger partial charge in [0, 0.05) is 18.7 Å². The van der Waals surface area contributed by atoms with Crippen LogP contribution in [0.5, 0.6) is 0 Å². The van der Waals surface area contributed by atoms with Gasteiger partial charge in [-0.1, -0.05) is 37.6 Å².